The number of sulfone groups is 1. The van der Waals surface area contributed by atoms with Crippen molar-refractivity contribution >= 4 is 9.84 Å². The zero-order valence-corrected chi connectivity index (χ0v) is 16.2. The van der Waals surface area contributed by atoms with Crippen LogP contribution in [0.4, 0.5) is 0 Å². The molecule has 4 rings (SSSR count). The van der Waals surface area contributed by atoms with Crippen LogP contribution in [0.2, 0.25) is 0 Å². The second-order valence-electron chi connectivity index (χ2n) is 6.46. The minimum Gasteiger partial charge on any atom is -0.295 e. The van der Waals surface area contributed by atoms with E-state index in [0.29, 0.717) is 5.82 Å². The van der Waals surface area contributed by atoms with Crippen LogP contribution in [0.25, 0.3) is 22.5 Å². The Morgan fingerprint density at radius 1 is 1.03 bits per heavy atom. The van der Waals surface area contributed by atoms with Gasteiger partial charge < -0.3 is 0 Å². The maximum atomic E-state index is 12.2. The Bertz CT molecular complexity index is 1310. The summed E-state index contributed by atoms with van der Waals surface area (Å²) in [5.74, 6) is 0.577. The van der Waals surface area contributed by atoms with Gasteiger partial charge >= 0.3 is 0 Å². The van der Waals surface area contributed by atoms with Crippen LogP contribution in [0.15, 0.2) is 70.7 Å². The first kappa shape index (κ1) is 18.7. The van der Waals surface area contributed by atoms with Crippen LogP contribution < -0.4 is 5.56 Å². The van der Waals surface area contributed by atoms with Crippen molar-refractivity contribution in [3.8, 4) is 22.5 Å². The molecule has 0 unspecified atom stereocenters. The molecule has 0 bridgehead atoms. The van der Waals surface area contributed by atoms with Crippen LogP contribution in [-0.4, -0.2) is 44.8 Å². The molecule has 0 fully saturated rings. The molecule has 2 aromatic carbocycles. The van der Waals surface area contributed by atoms with E-state index in [-0.39, 0.29) is 11.6 Å². The Labute approximate surface area is 166 Å². The van der Waals surface area contributed by atoms with E-state index >= 15 is 0 Å². The summed E-state index contributed by atoms with van der Waals surface area (Å²) in [6, 6.07) is 16.5. The summed E-state index contributed by atoms with van der Waals surface area (Å²) in [4.78, 5) is 16.1. The van der Waals surface area contributed by atoms with Crippen molar-refractivity contribution in [2.24, 2.45) is 0 Å². The number of H-pyrrole nitrogens is 1. The first-order valence-corrected chi connectivity index (χ1v) is 10.5. The molecule has 0 saturated heterocycles. The van der Waals surface area contributed by atoms with Crippen molar-refractivity contribution in [2.45, 2.75) is 11.6 Å². The van der Waals surface area contributed by atoms with Gasteiger partial charge in [0.05, 0.1) is 12.9 Å². The highest BCUT2D eigenvalue weighted by Crippen LogP contribution is 2.29. The average molecular weight is 408 g/mol. The van der Waals surface area contributed by atoms with Gasteiger partial charge in [0.15, 0.2) is 20.7 Å². The van der Waals surface area contributed by atoms with E-state index in [1.165, 1.54) is 10.9 Å². The lowest BCUT2D eigenvalue weighted by molar-refractivity contribution is 0.595. The van der Waals surface area contributed by atoms with Crippen molar-refractivity contribution < 1.29 is 8.42 Å². The number of nitrogens with zero attached hydrogens (tertiary/aromatic N) is 5. The third kappa shape index (κ3) is 3.97. The summed E-state index contributed by atoms with van der Waals surface area (Å²) in [6.07, 6.45) is 2.27. The van der Waals surface area contributed by atoms with Crippen molar-refractivity contribution in [2.75, 3.05) is 6.26 Å². The van der Waals surface area contributed by atoms with Crippen LogP contribution >= 0.6 is 0 Å². The summed E-state index contributed by atoms with van der Waals surface area (Å²) < 4.78 is 24.4. The summed E-state index contributed by atoms with van der Waals surface area (Å²) in [7, 11) is -3.51. The molecule has 10 heteroatoms. The highest BCUT2D eigenvalue weighted by molar-refractivity contribution is 7.90. The number of nitrogens with one attached hydrogen (secondary N) is 1. The monoisotopic (exact) mass is 408 g/mol. The highest BCUT2D eigenvalue weighted by Gasteiger charge is 2.12. The Balaban J connectivity index is 1.61. The van der Waals surface area contributed by atoms with Crippen LogP contribution in [0, 0.1) is 0 Å². The van der Waals surface area contributed by atoms with Crippen molar-refractivity contribution in [3.63, 3.8) is 0 Å². The Kier molecular flexibility index (Phi) is 4.77. The minimum absolute atomic E-state index is 0.229. The Morgan fingerprint density at radius 2 is 1.76 bits per heavy atom. The van der Waals surface area contributed by atoms with Gasteiger partial charge in [-0.05, 0) is 27.1 Å². The molecular formula is C19H16N6O3S. The predicted octanol–water partition coefficient (Wildman–Crippen LogP) is 1.54. The normalized spacial score (nSPS) is 11.5. The molecule has 29 heavy (non-hydrogen) atoms. The smallest absolute Gasteiger partial charge is 0.254 e. The molecule has 0 saturated carbocycles. The highest BCUT2D eigenvalue weighted by atomic mass is 32.2. The van der Waals surface area contributed by atoms with E-state index in [0.717, 1.165) is 34.6 Å². The van der Waals surface area contributed by atoms with Crippen molar-refractivity contribution in [1.29, 1.82) is 0 Å². The van der Waals surface area contributed by atoms with E-state index in [2.05, 4.69) is 25.6 Å². The molecule has 0 radical (unpaired) electrons. The van der Waals surface area contributed by atoms with Crippen LogP contribution in [0.1, 0.15) is 5.56 Å². The van der Waals surface area contributed by atoms with Gasteiger partial charge in [-0.3, -0.25) is 9.36 Å². The minimum atomic E-state index is -3.51. The van der Waals surface area contributed by atoms with Crippen LogP contribution in [-0.2, 0) is 16.4 Å². The number of rotatable bonds is 5. The Hall–Kier alpha value is -3.66. The fourth-order valence-electron chi connectivity index (χ4n) is 2.93. The molecule has 2 aromatic heterocycles. The number of hydrogen-bond acceptors (Lipinski definition) is 7. The van der Waals surface area contributed by atoms with E-state index in [1.54, 1.807) is 0 Å². The molecule has 0 atom stereocenters. The quantitative estimate of drug-likeness (QED) is 0.497. The third-order valence-electron chi connectivity index (χ3n) is 4.38. The maximum Gasteiger partial charge on any atom is 0.254 e. The van der Waals surface area contributed by atoms with Gasteiger partial charge in [0, 0.05) is 17.9 Å². The standard InChI is InChI=1S/C19H16N6O3S/c1-29(27,28)17-10-18(26)25(12-20-17)11-13-6-8-14(9-7-13)15-4-2-3-5-16(15)19-21-23-24-22-19/h2-10,12H,11H2,1H3,(H,21,22,23,24). The topological polar surface area (TPSA) is 123 Å². The molecule has 9 nitrogen and oxygen atoms in total. The number of tetrazole rings is 1. The average Bonchev–Trinajstić information content (AvgIpc) is 3.24. The van der Waals surface area contributed by atoms with Gasteiger partial charge in [-0.25, -0.2) is 18.5 Å². The zero-order chi connectivity index (χ0) is 20.4. The van der Waals surface area contributed by atoms with Gasteiger partial charge in [0.2, 0.25) is 0 Å². The molecule has 0 aliphatic rings. The first-order valence-electron chi connectivity index (χ1n) is 8.61. The SMILES string of the molecule is CS(=O)(=O)c1cc(=O)n(Cc2ccc(-c3ccccc3-c3nnn[nH]3)cc2)cn1. The molecule has 0 amide bonds. The lowest BCUT2D eigenvalue weighted by Crippen LogP contribution is -2.22. The van der Waals surface area contributed by atoms with Crippen LogP contribution in [0.5, 0.6) is 0 Å². The van der Waals surface area contributed by atoms with E-state index in [4.69, 9.17) is 0 Å². The molecule has 1 N–H and O–H groups in total. The second kappa shape index (κ2) is 7.40. The fraction of sp³-hybridized carbons (Fsp3) is 0.105. The number of hydrogen-bond donors (Lipinski definition) is 1. The molecule has 2 heterocycles. The summed E-state index contributed by atoms with van der Waals surface area (Å²) in [6.45, 7) is 0.282. The van der Waals surface area contributed by atoms with Gasteiger partial charge in [-0.1, -0.05) is 48.5 Å². The summed E-state index contributed by atoms with van der Waals surface area (Å²) in [5.41, 5.74) is 3.27. The third-order valence-corrected chi connectivity index (χ3v) is 5.36. The van der Waals surface area contributed by atoms with E-state index in [9.17, 15) is 13.2 Å². The zero-order valence-electron chi connectivity index (χ0n) is 15.3. The number of aromatic amines is 1. The molecule has 0 aliphatic carbocycles. The van der Waals surface area contributed by atoms with Crippen molar-refractivity contribution in [1.82, 2.24) is 30.2 Å². The first-order chi connectivity index (χ1) is 13.9. The largest absolute Gasteiger partial charge is 0.295 e. The lowest BCUT2D eigenvalue weighted by Gasteiger charge is -2.09. The second-order valence-corrected chi connectivity index (χ2v) is 8.42. The molecular weight excluding hydrogens is 392 g/mol. The maximum absolute atomic E-state index is 12.2. The van der Waals surface area contributed by atoms with Gasteiger partial charge in [0.25, 0.3) is 5.56 Å². The van der Waals surface area contributed by atoms with E-state index in [1.807, 2.05) is 48.5 Å². The van der Waals surface area contributed by atoms with E-state index < -0.39 is 15.4 Å². The lowest BCUT2D eigenvalue weighted by atomic mass is 9.98. The fourth-order valence-corrected chi connectivity index (χ4v) is 3.49. The molecule has 146 valence electrons. The summed E-state index contributed by atoms with van der Waals surface area (Å²) in [5, 5.41) is 13.8. The number of benzene rings is 2. The molecule has 0 aliphatic heterocycles. The van der Waals surface area contributed by atoms with Gasteiger partial charge in [0.1, 0.15) is 0 Å². The van der Waals surface area contributed by atoms with Crippen LogP contribution in [0.3, 0.4) is 0 Å². The number of aromatic nitrogens is 6. The van der Waals surface area contributed by atoms with Gasteiger partial charge in [-0.2, -0.15) is 0 Å². The summed E-state index contributed by atoms with van der Waals surface area (Å²) >= 11 is 0. The van der Waals surface area contributed by atoms with Crippen molar-refractivity contribution in [3.05, 3.63) is 76.8 Å². The predicted molar refractivity (Wildman–Crippen MR) is 106 cm³/mol. The molecule has 4 aromatic rings. The Morgan fingerprint density at radius 3 is 2.38 bits per heavy atom. The molecule has 0 spiro atoms. The van der Waals surface area contributed by atoms with Gasteiger partial charge in [-0.15, -0.1) is 5.10 Å².